The maximum atomic E-state index is 10.3. The second-order valence-corrected chi connectivity index (χ2v) is 4.12. The molecule has 0 radical (unpaired) electrons. The summed E-state index contributed by atoms with van der Waals surface area (Å²) in [5, 5.41) is 18.9. The van der Waals surface area contributed by atoms with Gasteiger partial charge >= 0.3 is 0 Å². The molecule has 2 N–H and O–H groups in total. The van der Waals surface area contributed by atoms with Crippen LogP contribution < -0.4 is 5.32 Å². The fourth-order valence-corrected chi connectivity index (χ4v) is 2.23. The molecule has 2 aromatic rings. The second-order valence-electron chi connectivity index (χ2n) is 4.12. The van der Waals surface area contributed by atoms with E-state index in [1.165, 1.54) is 0 Å². The summed E-state index contributed by atoms with van der Waals surface area (Å²) in [5.74, 6) is 0. The Bertz CT molecular complexity index is 514. The van der Waals surface area contributed by atoms with Crippen LogP contribution in [0.2, 0.25) is 0 Å². The van der Waals surface area contributed by atoms with Crippen LogP contribution in [0.1, 0.15) is 5.69 Å². The first-order valence-corrected chi connectivity index (χ1v) is 5.06. The lowest BCUT2D eigenvalue weighted by Gasteiger charge is -2.37. The lowest BCUT2D eigenvalue weighted by atomic mass is 9.90. The first kappa shape index (κ1) is 8.88. The number of hydrogen-bond acceptors (Lipinski definition) is 3. The van der Waals surface area contributed by atoms with Crippen molar-refractivity contribution in [3.8, 4) is 0 Å². The van der Waals surface area contributed by atoms with Crippen molar-refractivity contribution in [2.45, 2.75) is 5.60 Å². The molecule has 0 atom stereocenters. The largest absolute Gasteiger partial charge is 0.381 e. The Kier molecular flexibility index (Phi) is 1.66. The first-order chi connectivity index (χ1) is 7.21. The van der Waals surface area contributed by atoms with E-state index in [0.29, 0.717) is 13.1 Å². The van der Waals surface area contributed by atoms with E-state index in [4.69, 9.17) is 0 Å². The molecule has 0 amide bonds. The normalized spacial score (nSPS) is 19.1. The number of benzene rings is 1. The summed E-state index contributed by atoms with van der Waals surface area (Å²) in [7, 11) is 1.88. The Morgan fingerprint density at radius 3 is 2.80 bits per heavy atom. The minimum absolute atomic E-state index is 0.608. The van der Waals surface area contributed by atoms with Crippen molar-refractivity contribution in [2.24, 2.45) is 7.05 Å². The highest BCUT2D eigenvalue weighted by atomic mass is 16.3. The van der Waals surface area contributed by atoms with Crippen molar-refractivity contribution >= 4 is 10.9 Å². The molecule has 4 nitrogen and oxygen atoms in total. The summed E-state index contributed by atoms with van der Waals surface area (Å²) in [4.78, 5) is 0. The number of aryl methyl sites for hydroxylation is 1. The van der Waals surface area contributed by atoms with Crippen LogP contribution >= 0.6 is 0 Å². The molecule has 1 aliphatic heterocycles. The molecular weight excluding hydrogens is 190 g/mol. The average molecular weight is 203 g/mol. The summed E-state index contributed by atoms with van der Waals surface area (Å²) < 4.78 is 1.78. The van der Waals surface area contributed by atoms with E-state index in [9.17, 15) is 5.11 Å². The molecule has 0 bridgehead atoms. The van der Waals surface area contributed by atoms with E-state index in [0.717, 1.165) is 16.6 Å². The van der Waals surface area contributed by atoms with Gasteiger partial charge in [-0.15, -0.1) is 0 Å². The second kappa shape index (κ2) is 2.81. The number of hydrogen-bond donors (Lipinski definition) is 2. The standard InChI is InChI=1S/C11H13N3O/c1-14-10(11(15)6-12-7-11)8-4-2-3-5-9(8)13-14/h2-5,12,15H,6-7H2,1H3. The molecule has 0 unspecified atom stereocenters. The van der Waals surface area contributed by atoms with Crippen LogP contribution in [0.25, 0.3) is 10.9 Å². The predicted molar refractivity (Wildman–Crippen MR) is 57.5 cm³/mol. The van der Waals surface area contributed by atoms with E-state index in [-0.39, 0.29) is 0 Å². The van der Waals surface area contributed by atoms with Crippen LogP contribution in [0.15, 0.2) is 24.3 Å². The van der Waals surface area contributed by atoms with Crippen molar-refractivity contribution in [1.82, 2.24) is 15.1 Å². The minimum Gasteiger partial charge on any atom is -0.381 e. The predicted octanol–water partition coefficient (Wildman–Crippen LogP) is 0.364. The Morgan fingerprint density at radius 2 is 2.13 bits per heavy atom. The molecule has 1 aromatic carbocycles. The van der Waals surface area contributed by atoms with Crippen LogP contribution in [0.4, 0.5) is 0 Å². The van der Waals surface area contributed by atoms with E-state index in [2.05, 4.69) is 10.4 Å². The van der Waals surface area contributed by atoms with Gasteiger partial charge in [-0.1, -0.05) is 18.2 Å². The number of rotatable bonds is 1. The number of fused-ring (bicyclic) bond motifs is 1. The van der Waals surface area contributed by atoms with Crippen LogP contribution in [0.5, 0.6) is 0 Å². The molecule has 1 saturated heterocycles. The van der Waals surface area contributed by atoms with Crippen molar-refractivity contribution in [3.05, 3.63) is 30.0 Å². The molecule has 1 fully saturated rings. The molecule has 4 heteroatoms. The molecule has 0 saturated carbocycles. The van der Waals surface area contributed by atoms with Crippen molar-refractivity contribution in [3.63, 3.8) is 0 Å². The van der Waals surface area contributed by atoms with Crippen LogP contribution in [-0.2, 0) is 12.6 Å². The van der Waals surface area contributed by atoms with Gasteiger partial charge in [0.1, 0.15) is 5.60 Å². The number of nitrogens with one attached hydrogen (secondary N) is 1. The quantitative estimate of drug-likeness (QED) is 0.703. The molecule has 2 heterocycles. The molecule has 78 valence electrons. The van der Waals surface area contributed by atoms with Gasteiger partial charge in [0.25, 0.3) is 0 Å². The third-order valence-electron chi connectivity index (χ3n) is 3.02. The highest BCUT2D eigenvalue weighted by Crippen LogP contribution is 2.30. The van der Waals surface area contributed by atoms with Gasteiger partial charge in [0.2, 0.25) is 0 Å². The van der Waals surface area contributed by atoms with Crippen molar-refractivity contribution in [1.29, 1.82) is 0 Å². The van der Waals surface area contributed by atoms with E-state index >= 15 is 0 Å². The van der Waals surface area contributed by atoms with Crippen molar-refractivity contribution in [2.75, 3.05) is 13.1 Å². The van der Waals surface area contributed by atoms with E-state index in [1.54, 1.807) is 4.68 Å². The number of aromatic nitrogens is 2. The van der Waals surface area contributed by atoms with Gasteiger partial charge in [-0.25, -0.2) is 0 Å². The molecule has 1 aliphatic rings. The third-order valence-corrected chi connectivity index (χ3v) is 3.02. The zero-order chi connectivity index (χ0) is 10.5. The Morgan fingerprint density at radius 1 is 1.40 bits per heavy atom. The fraction of sp³-hybridized carbons (Fsp3) is 0.364. The summed E-state index contributed by atoms with van der Waals surface area (Å²) in [6.45, 7) is 1.22. The maximum absolute atomic E-state index is 10.3. The van der Waals surface area contributed by atoms with E-state index in [1.807, 2.05) is 31.3 Å². The average Bonchev–Trinajstić information content (AvgIpc) is 2.51. The topological polar surface area (TPSA) is 50.1 Å². The Balaban J connectivity index is 2.29. The zero-order valence-corrected chi connectivity index (χ0v) is 8.57. The molecule has 0 aliphatic carbocycles. The smallest absolute Gasteiger partial charge is 0.131 e. The van der Waals surface area contributed by atoms with Gasteiger partial charge in [0, 0.05) is 25.5 Å². The van der Waals surface area contributed by atoms with Gasteiger partial charge in [0.05, 0.1) is 11.2 Å². The SMILES string of the molecule is Cn1nc2ccccc2c1C1(O)CNC1. The van der Waals surface area contributed by atoms with Crippen LogP contribution in [0.3, 0.4) is 0 Å². The molecule has 15 heavy (non-hydrogen) atoms. The molecular formula is C11H13N3O. The molecule has 1 aromatic heterocycles. The monoisotopic (exact) mass is 203 g/mol. The number of β-amino-alcohol motifs (C(OH)–C–C–N with tert-alkyl or cyclic N) is 1. The molecule has 0 spiro atoms. The van der Waals surface area contributed by atoms with E-state index < -0.39 is 5.60 Å². The van der Waals surface area contributed by atoms with Gasteiger partial charge in [-0.05, 0) is 6.07 Å². The van der Waals surface area contributed by atoms with Crippen molar-refractivity contribution < 1.29 is 5.11 Å². The Hall–Kier alpha value is -1.39. The third kappa shape index (κ3) is 1.12. The maximum Gasteiger partial charge on any atom is 0.131 e. The van der Waals surface area contributed by atoms with Gasteiger partial charge in [-0.3, -0.25) is 4.68 Å². The van der Waals surface area contributed by atoms with Gasteiger partial charge in [-0.2, -0.15) is 5.10 Å². The van der Waals surface area contributed by atoms with Gasteiger partial charge in [0.15, 0.2) is 0 Å². The summed E-state index contributed by atoms with van der Waals surface area (Å²) in [6, 6.07) is 7.91. The number of aliphatic hydroxyl groups is 1. The summed E-state index contributed by atoms with van der Waals surface area (Å²) in [5.41, 5.74) is 1.11. The van der Waals surface area contributed by atoms with Crippen LogP contribution in [-0.4, -0.2) is 28.0 Å². The number of nitrogens with zero attached hydrogens (tertiary/aromatic N) is 2. The Labute approximate surface area is 87.5 Å². The lowest BCUT2D eigenvalue weighted by molar-refractivity contribution is -0.0204. The highest BCUT2D eigenvalue weighted by Gasteiger charge is 2.40. The first-order valence-electron chi connectivity index (χ1n) is 5.06. The minimum atomic E-state index is -0.745. The summed E-state index contributed by atoms with van der Waals surface area (Å²) in [6.07, 6.45) is 0. The highest BCUT2D eigenvalue weighted by molar-refractivity contribution is 5.82. The van der Waals surface area contributed by atoms with Gasteiger partial charge < -0.3 is 10.4 Å². The molecule has 3 rings (SSSR count). The fourth-order valence-electron chi connectivity index (χ4n) is 2.23. The zero-order valence-electron chi connectivity index (χ0n) is 8.57. The van der Waals surface area contributed by atoms with Crippen LogP contribution in [0, 0.1) is 0 Å². The lowest BCUT2D eigenvalue weighted by Crippen LogP contribution is -2.57. The summed E-state index contributed by atoms with van der Waals surface area (Å²) >= 11 is 0.